The SMILES string of the molecule is Cc1cccc(N(CC(=O)NCCc2ccc(Cl)cc2)S(C)(=O)=O)c1C. The number of halogens is 1. The molecule has 0 fully saturated rings. The Labute approximate surface area is 160 Å². The number of carbonyl (C=O) groups excluding carboxylic acids is 1. The summed E-state index contributed by atoms with van der Waals surface area (Å²) in [4.78, 5) is 12.3. The number of aryl methyl sites for hydroxylation is 1. The van der Waals surface area contributed by atoms with E-state index in [9.17, 15) is 13.2 Å². The van der Waals surface area contributed by atoms with Crippen LogP contribution < -0.4 is 9.62 Å². The molecule has 5 nitrogen and oxygen atoms in total. The molecule has 0 saturated heterocycles. The van der Waals surface area contributed by atoms with Gasteiger partial charge in [-0.15, -0.1) is 0 Å². The Morgan fingerprint density at radius 1 is 1.12 bits per heavy atom. The van der Waals surface area contributed by atoms with Crippen molar-refractivity contribution in [3.63, 3.8) is 0 Å². The van der Waals surface area contributed by atoms with Crippen LogP contribution in [-0.2, 0) is 21.2 Å². The molecule has 0 saturated carbocycles. The summed E-state index contributed by atoms with van der Waals surface area (Å²) in [7, 11) is -3.58. The molecule has 0 atom stereocenters. The van der Waals surface area contributed by atoms with Gasteiger partial charge in [0.1, 0.15) is 6.54 Å². The lowest BCUT2D eigenvalue weighted by atomic mass is 10.1. The van der Waals surface area contributed by atoms with Crippen molar-refractivity contribution >= 4 is 33.2 Å². The second-order valence-electron chi connectivity index (χ2n) is 6.22. The zero-order chi connectivity index (χ0) is 19.3. The predicted octanol–water partition coefficient (Wildman–Crippen LogP) is 3.08. The van der Waals surface area contributed by atoms with Gasteiger partial charge in [0.2, 0.25) is 15.9 Å². The van der Waals surface area contributed by atoms with Crippen LogP contribution >= 0.6 is 11.6 Å². The number of nitrogens with one attached hydrogen (secondary N) is 1. The van der Waals surface area contributed by atoms with E-state index < -0.39 is 10.0 Å². The molecule has 2 aromatic rings. The average Bonchev–Trinajstić information content (AvgIpc) is 2.56. The van der Waals surface area contributed by atoms with Gasteiger partial charge in [0.15, 0.2) is 0 Å². The number of rotatable bonds is 7. The van der Waals surface area contributed by atoms with Crippen molar-refractivity contribution in [2.75, 3.05) is 23.7 Å². The third-order valence-electron chi connectivity index (χ3n) is 4.18. The molecular weight excluding hydrogens is 372 g/mol. The summed E-state index contributed by atoms with van der Waals surface area (Å²) in [5, 5.41) is 3.44. The number of hydrogen-bond donors (Lipinski definition) is 1. The van der Waals surface area contributed by atoms with Gasteiger partial charge in [-0.3, -0.25) is 9.10 Å². The van der Waals surface area contributed by atoms with Crippen LogP contribution in [0.4, 0.5) is 5.69 Å². The van der Waals surface area contributed by atoms with Crippen LogP contribution in [-0.4, -0.2) is 33.7 Å². The lowest BCUT2D eigenvalue weighted by Crippen LogP contribution is -2.41. The molecule has 0 unspecified atom stereocenters. The van der Waals surface area contributed by atoms with E-state index in [0.717, 1.165) is 27.3 Å². The van der Waals surface area contributed by atoms with Crippen LogP contribution in [0.3, 0.4) is 0 Å². The number of benzene rings is 2. The molecular formula is C19H23ClN2O3S. The largest absolute Gasteiger partial charge is 0.354 e. The minimum Gasteiger partial charge on any atom is -0.354 e. The van der Waals surface area contributed by atoms with Crippen molar-refractivity contribution in [2.45, 2.75) is 20.3 Å². The van der Waals surface area contributed by atoms with Crippen LogP contribution in [0.1, 0.15) is 16.7 Å². The Kier molecular flexibility index (Phi) is 6.67. The molecule has 0 aromatic heterocycles. The van der Waals surface area contributed by atoms with E-state index in [1.807, 2.05) is 32.0 Å². The van der Waals surface area contributed by atoms with E-state index in [4.69, 9.17) is 11.6 Å². The van der Waals surface area contributed by atoms with Gasteiger partial charge in [0, 0.05) is 11.6 Å². The van der Waals surface area contributed by atoms with Gasteiger partial charge in [0.25, 0.3) is 0 Å². The fourth-order valence-corrected chi connectivity index (χ4v) is 3.60. The predicted molar refractivity (Wildman–Crippen MR) is 106 cm³/mol. The van der Waals surface area contributed by atoms with E-state index in [1.54, 1.807) is 24.3 Å². The molecule has 2 rings (SSSR count). The van der Waals surface area contributed by atoms with Crippen molar-refractivity contribution < 1.29 is 13.2 Å². The van der Waals surface area contributed by atoms with Gasteiger partial charge in [-0.1, -0.05) is 35.9 Å². The second kappa shape index (κ2) is 8.56. The zero-order valence-electron chi connectivity index (χ0n) is 15.1. The minimum absolute atomic E-state index is 0.246. The molecule has 0 radical (unpaired) electrons. The Bertz CT molecular complexity index is 880. The van der Waals surface area contributed by atoms with Crippen LogP contribution in [0.15, 0.2) is 42.5 Å². The fraction of sp³-hybridized carbons (Fsp3) is 0.316. The number of amides is 1. The number of nitrogens with zero attached hydrogens (tertiary/aromatic N) is 1. The third-order valence-corrected chi connectivity index (χ3v) is 5.56. The number of sulfonamides is 1. The van der Waals surface area contributed by atoms with Crippen molar-refractivity contribution in [1.82, 2.24) is 5.32 Å². The van der Waals surface area contributed by atoms with E-state index in [1.165, 1.54) is 0 Å². The van der Waals surface area contributed by atoms with Crippen molar-refractivity contribution in [3.8, 4) is 0 Å². The number of anilines is 1. The first-order chi connectivity index (χ1) is 12.2. The molecule has 0 bridgehead atoms. The maximum absolute atomic E-state index is 12.3. The highest BCUT2D eigenvalue weighted by Gasteiger charge is 2.22. The summed E-state index contributed by atoms with van der Waals surface area (Å²) >= 11 is 5.85. The van der Waals surface area contributed by atoms with Gasteiger partial charge in [-0.25, -0.2) is 8.42 Å². The summed E-state index contributed by atoms with van der Waals surface area (Å²) in [5.41, 5.74) is 3.38. The van der Waals surface area contributed by atoms with Gasteiger partial charge in [-0.2, -0.15) is 0 Å². The van der Waals surface area contributed by atoms with Gasteiger partial charge < -0.3 is 5.32 Å². The number of hydrogen-bond acceptors (Lipinski definition) is 3. The minimum atomic E-state index is -3.58. The smallest absolute Gasteiger partial charge is 0.240 e. The summed E-state index contributed by atoms with van der Waals surface area (Å²) < 4.78 is 25.5. The zero-order valence-corrected chi connectivity index (χ0v) is 16.7. The highest BCUT2D eigenvalue weighted by molar-refractivity contribution is 7.92. The van der Waals surface area contributed by atoms with E-state index >= 15 is 0 Å². The summed E-state index contributed by atoms with van der Waals surface area (Å²) in [6.45, 7) is 3.93. The molecule has 0 aliphatic carbocycles. The summed E-state index contributed by atoms with van der Waals surface area (Å²) in [6, 6.07) is 12.8. The molecule has 2 aromatic carbocycles. The highest BCUT2D eigenvalue weighted by atomic mass is 35.5. The lowest BCUT2D eigenvalue weighted by Gasteiger charge is -2.24. The fourth-order valence-electron chi connectivity index (χ4n) is 2.57. The molecule has 0 aliphatic heterocycles. The Morgan fingerprint density at radius 2 is 1.77 bits per heavy atom. The molecule has 1 amide bonds. The van der Waals surface area contributed by atoms with E-state index in [0.29, 0.717) is 23.7 Å². The normalized spacial score (nSPS) is 11.2. The Morgan fingerprint density at radius 3 is 2.38 bits per heavy atom. The third kappa shape index (κ3) is 5.47. The maximum atomic E-state index is 12.3. The van der Waals surface area contributed by atoms with Crippen molar-refractivity contribution in [1.29, 1.82) is 0 Å². The average molecular weight is 395 g/mol. The first-order valence-corrected chi connectivity index (χ1v) is 10.5. The molecule has 0 heterocycles. The quantitative estimate of drug-likeness (QED) is 0.784. The van der Waals surface area contributed by atoms with Crippen LogP contribution in [0, 0.1) is 13.8 Å². The second-order valence-corrected chi connectivity index (χ2v) is 8.56. The van der Waals surface area contributed by atoms with Crippen LogP contribution in [0.25, 0.3) is 0 Å². The van der Waals surface area contributed by atoms with Crippen LogP contribution in [0.2, 0.25) is 5.02 Å². The molecule has 7 heteroatoms. The topological polar surface area (TPSA) is 66.5 Å². The highest BCUT2D eigenvalue weighted by Crippen LogP contribution is 2.24. The van der Waals surface area contributed by atoms with E-state index in [-0.39, 0.29) is 12.5 Å². The summed E-state index contributed by atoms with van der Waals surface area (Å²) in [6.07, 6.45) is 1.75. The van der Waals surface area contributed by atoms with Gasteiger partial charge >= 0.3 is 0 Å². The van der Waals surface area contributed by atoms with E-state index in [2.05, 4.69) is 5.32 Å². The first kappa shape index (κ1) is 20.3. The molecule has 0 aliphatic rings. The maximum Gasteiger partial charge on any atom is 0.240 e. The van der Waals surface area contributed by atoms with Gasteiger partial charge in [0.05, 0.1) is 11.9 Å². The van der Waals surface area contributed by atoms with Crippen LogP contribution in [0.5, 0.6) is 0 Å². The standard InChI is InChI=1S/C19H23ClN2O3S/c1-14-5-4-6-18(15(14)2)22(26(3,24)25)13-19(23)21-12-11-16-7-9-17(20)10-8-16/h4-10H,11-13H2,1-3H3,(H,21,23). The molecule has 140 valence electrons. The molecule has 0 spiro atoms. The monoisotopic (exact) mass is 394 g/mol. The Balaban J connectivity index is 2.03. The van der Waals surface area contributed by atoms with Crippen molar-refractivity contribution in [3.05, 3.63) is 64.2 Å². The first-order valence-electron chi connectivity index (χ1n) is 8.23. The van der Waals surface area contributed by atoms with Crippen molar-refractivity contribution in [2.24, 2.45) is 0 Å². The summed E-state index contributed by atoms with van der Waals surface area (Å²) in [5.74, 6) is -0.342. The number of carbonyl (C=O) groups is 1. The molecule has 26 heavy (non-hydrogen) atoms. The lowest BCUT2D eigenvalue weighted by molar-refractivity contribution is -0.119. The molecule has 1 N–H and O–H groups in total. The Hall–Kier alpha value is -2.05. The van der Waals surface area contributed by atoms with Gasteiger partial charge in [-0.05, 0) is 55.2 Å².